The first-order chi connectivity index (χ1) is 30.1. The molecule has 0 radical (unpaired) electrons. The Bertz CT molecular complexity index is 2050. The smallest absolute Gasteiger partial charge is 0.328 e. The summed E-state index contributed by atoms with van der Waals surface area (Å²) >= 11 is 0. The van der Waals surface area contributed by atoms with E-state index in [0.29, 0.717) is 12.0 Å². The van der Waals surface area contributed by atoms with Crippen molar-refractivity contribution in [3.63, 3.8) is 0 Å². The Kier molecular flexibility index (Phi) is 21.3. The van der Waals surface area contributed by atoms with Crippen LogP contribution in [0.4, 0.5) is 5.69 Å². The summed E-state index contributed by atoms with van der Waals surface area (Å²) in [7, 11) is 1.22. The maximum atomic E-state index is 14.6. The third-order valence-electron chi connectivity index (χ3n) is 10.8. The summed E-state index contributed by atoms with van der Waals surface area (Å²) in [5, 5.41) is 45.0. The molecule has 0 aliphatic carbocycles. The molecule has 64 heavy (non-hydrogen) atoms. The first-order valence-corrected chi connectivity index (χ1v) is 21.7. The number of amides is 4. The van der Waals surface area contributed by atoms with Crippen molar-refractivity contribution in [1.82, 2.24) is 21.3 Å². The van der Waals surface area contributed by atoms with Crippen molar-refractivity contribution in [2.24, 2.45) is 11.7 Å². The zero-order valence-corrected chi connectivity index (χ0v) is 37.7. The number of unbranched alkanes of at least 4 members (excludes halogenated alkanes) is 8. The van der Waals surface area contributed by atoms with Gasteiger partial charge in [-0.15, -0.1) is 12.4 Å². The normalized spacial score (nSPS) is 17.2. The molecule has 0 spiro atoms. The summed E-state index contributed by atoms with van der Waals surface area (Å²) < 4.78 is 11.4. The third-order valence-corrected chi connectivity index (χ3v) is 10.8. The van der Waals surface area contributed by atoms with Gasteiger partial charge in [0, 0.05) is 25.3 Å². The molecular weight excluding hydrogens is 848 g/mol. The fraction of sp³-hybridized carbons (Fsp3) is 0.500. The van der Waals surface area contributed by atoms with E-state index in [-0.39, 0.29) is 72.4 Å². The van der Waals surface area contributed by atoms with Crippen LogP contribution in [0.5, 0.6) is 23.0 Å². The Labute approximate surface area is 380 Å². The van der Waals surface area contributed by atoms with Crippen molar-refractivity contribution in [1.29, 1.82) is 0 Å². The van der Waals surface area contributed by atoms with Gasteiger partial charge >= 0.3 is 11.7 Å². The largest absolute Gasteiger partial charge is 0.504 e. The molecule has 8 N–H and O–H groups in total. The van der Waals surface area contributed by atoms with Gasteiger partial charge in [0.2, 0.25) is 35.1 Å². The van der Waals surface area contributed by atoms with E-state index < -0.39 is 76.2 Å². The third kappa shape index (κ3) is 15.7. The zero-order chi connectivity index (χ0) is 46.1. The number of nitro benzene ring substituents is 1. The number of carboxylic acids is 1. The number of nitrogens with zero attached hydrogens (tertiary/aromatic N) is 1. The van der Waals surface area contributed by atoms with Gasteiger partial charge in [0.15, 0.2) is 17.5 Å². The highest BCUT2D eigenvalue weighted by molar-refractivity contribution is 5.94. The number of benzene rings is 3. The summed E-state index contributed by atoms with van der Waals surface area (Å²) in [6, 6.07) is 7.64. The number of nitro groups is 1. The van der Waals surface area contributed by atoms with Crippen molar-refractivity contribution >= 4 is 47.7 Å². The number of ether oxygens (including phenoxy) is 2. The summed E-state index contributed by atoms with van der Waals surface area (Å²) in [6.45, 7) is 5.91. The van der Waals surface area contributed by atoms with E-state index in [9.17, 15) is 44.3 Å². The Balaban J connectivity index is 0.0000109. The lowest BCUT2D eigenvalue weighted by atomic mass is 9.96. The van der Waals surface area contributed by atoms with E-state index in [4.69, 9.17) is 15.2 Å². The summed E-state index contributed by atoms with van der Waals surface area (Å²) in [5.74, 6) is -5.91. The highest BCUT2D eigenvalue weighted by Gasteiger charge is 2.37. The average molecular weight is 911 g/mol. The van der Waals surface area contributed by atoms with Crippen LogP contribution in [0.3, 0.4) is 0 Å². The number of phenols is 1. The number of hydrogen-bond acceptors (Lipinski definition) is 11. The van der Waals surface area contributed by atoms with E-state index in [0.717, 1.165) is 44.6 Å². The predicted molar refractivity (Wildman–Crippen MR) is 243 cm³/mol. The Morgan fingerprint density at radius 2 is 1.59 bits per heavy atom. The second kappa shape index (κ2) is 26.0. The number of rotatable bonds is 21. The summed E-state index contributed by atoms with van der Waals surface area (Å²) in [4.78, 5) is 80.6. The number of carboxylic acid groups (broad SMARTS) is 1. The monoisotopic (exact) mass is 910 g/mol. The number of aliphatic carboxylic acids is 1. The zero-order valence-electron chi connectivity index (χ0n) is 36.9. The van der Waals surface area contributed by atoms with E-state index >= 15 is 0 Å². The Morgan fingerprint density at radius 1 is 0.938 bits per heavy atom. The number of nitrogens with two attached hydrogens (primary N) is 1. The van der Waals surface area contributed by atoms with Crippen molar-refractivity contribution in [3.8, 4) is 23.0 Å². The van der Waals surface area contributed by atoms with Gasteiger partial charge in [-0.3, -0.25) is 29.3 Å². The van der Waals surface area contributed by atoms with Crippen LogP contribution in [0.25, 0.3) is 0 Å². The molecule has 2 aliphatic rings. The number of carbonyl (C=O) groups is 5. The van der Waals surface area contributed by atoms with E-state index in [1.54, 1.807) is 30.3 Å². The minimum absolute atomic E-state index is 0. The van der Waals surface area contributed by atoms with Crippen LogP contribution in [-0.4, -0.2) is 76.0 Å². The molecule has 18 heteroatoms. The number of aromatic hydroxyl groups is 1. The first-order valence-electron chi connectivity index (χ1n) is 21.7. The molecule has 2 heterocycles. The molecule has 4 amide bonds. The van der Waals surface area contributed by atoms with E-state index in [2.05, 4.69) is 28.2 Å². The molecular formula is C46H63ClN6O11. The van der Waals surface area contributed by atoms with Gasteiger partial charge in [-0.25, -0.2) is 4.79 Å². The maximum absolute atomic E-state index is 14.6. The minimum atomic E-state index is -1.84. The summed E-state index contributed by atoms with van der Waals surface area (Å²) in [6.07, 6.45) is 8.89. The highest BCUT2D eigenvalue weighted by Crippen LogP contribution is 2.44. The van der Waals surface area contributed by atoms with Crippen molar-refractivity contribution < 1.29 is 48.6 Å². The van der Waals surface area contributed by atoms with Gasteiger partial charge < -0.3 is 46.7 Å². The predicted octanol–water partition coefficient (Wildman–Crippen LogP) is 6.31. The highest BCUT2D eigenvalue weighted by atomic mass is 35.5. The lowest BCUT2D eigenvalue weighted by Crippen LogP contribution is -2.58. The van der Waals surface area contributed by atoms with Gasteiger partial charge in [-0.1, -0.05) is 109 Å². The molecule has 5 rings (SSSR count). The second-order valence-electron chi connectivity index (χ2n) is 16.4. The number of carbonyl (C=O) groups excluding carboxylic acids is 4. The maximum Gasteiger partial charge on any atom is 0.328 e. The lowest BCUT2D eigenvalue weighted by molar-refractivity contribution is -0.385. The number of nitrogens with one attached hydrogen (secondary N) is 4. The van der Waals surface area contributed by atoms with Crippen molar-refractivity contribution in [2.75, 3.05) is 7.11 Å². The molecule has 2 aliphatic heterocycles. The van der Waals surface area contributed by atoms with Crippen LogP contribution in [0, 0.1) is 16.0 Å². The van der Waals surface area contributed by atoms with Crippen LogP contribution in [-0.2, 0) is 36.8 Å². The molecule has 4 bridgehead atoms. The Morgan fingerprint density at radius 3 is 2.20 bits per heavy atom. The van der Waals surface area contributed by atoms with Gasteiger partial charge in [-0.2, -0.15) is 0 Å². The molecule has 17 nitrogen and oxygen atoms in total. The molecule has 0 fully saturated rings. The van der Waals surface area contributed by atoms with Crippen molar-refractivity contribution in [2.45, 2.75) is 134 Å². The van der Waals surface area contributed by atoms with Crippen LogP contribution in [0.15, 0.2) is 60.7 Å². The molecule has 350 valence electrons. The number of hydrogen-bond donors (Lipinski definition) is 7. The molecule has 0 unspecified atom stereocenters. The SMILES string of the molecule is CCCCCCCCCCCC(=O)N[C@@H](C(=O)O)[C@@H]1NC(=O)[C@H](Cc2ccccc2)NC(=O)[C@H](NC(=O)[C@H](N)CC(C)C)Cc2ccc(c([N+](=O)[O-])c2)Oc2cc1cc(O)c2OC.Cl. The molecule has 0 saturated carbocycles. The first kappa shape index (κ1) is 52.4. The van der Waals surface area contributed by atoms with Gasteiger partial charge in [0.05, 0.1) is 24.1 Å². The van der Waals surface area contributed by atoms with Crippen LogP contribution in [0.1, 0.15) is 114 Å². The minimum Gasteiger partial charge on any atom is -0.504 e. The number of halogens is 1. The standard InChI is InChI=1S/C46H62N6O11.ClH/c1-5-6-7-8-9-10-11-12-16-19-39(54)50-41(46(58)59)40-31-26-36(53)42(62-4)38(27-31)63-37-21-20-30(25-35(37)52(60)61)24-34(48-43(55)32(47)22-28(2)3)44(56)49-33(45(57)51-40)23-29-17-14-13-15-18-29;/h13-15,17-18,20-21,25-28,32-34,40-41,53H,5-12,16,19,22-24,47H2,1-4H3,(H,48,55)(H,49,56)(H,50,54)(H,51,57)(H,58,59);1H/t32-,33+,34-,40-,41-;/m1./s1. The topological polar surface area (TPSA) is 262 Å². The number of fused-ring (bicyclic) bond motifs is 9. The average Bonchev–Trinajstić information content (AvgIpc) is 3.23. The van der Waals surface area contributed by atoms with E-state index in [1.807, 2.05) is 13.8 Å². The van der Waals surface area contributed by atoms with E-state index in [1.165, 1.54) is 44.2 Å². The fourth-order valence-electron chi connectivity index (χ4n) is 7.52. The summed E-state index contributed by atoms with van der Waals surface area (Å²) in [5.41, 5.74) is 6.40. The van der Waals surface area contributed by atoms with Gasteiger partial charge in [-0.05, 0) is 53.6 Å². The lowest BCUT2D eigenvalue weighted by Gasteiger charge is -2.30. The molecule has 0 aromatic heterocycles. The second-order valence-corrected chi connectivity index (χ2v) is 16.4. The van der Waals surface area contributed by atoms with Gasteiger partial charge in [0.25, 0.3) is 0 Å². The van der Waals surface area contributed by atoms with Crippen LogP contribution >= 0.6 is 12.4 Å². The molecule has 0 saturated heterocycles. The quantitative estimate of drug-likeness (QED) is 0.0352. The number of phenolic OH excluding ortho intramolecular Hbond substituents is 1. The molecule has 3 aromatic rings. The van der Waals surface area contributed by atoms with Crippen molar-refractivity contribution in [3.05, 3.63) is 87.5 Å². The number of methoxy groups -OCH3 is 1. The van der Waals surface area contributed by atoms with Crippen LogP contribution in [0.2, 0.25) is 0 Å². The Hall–Kier alpha value is -5.94. The molecule has 3 aromatic carbocycles. The molecule has 5 atom stereocenters. The van der Waals surface area contributed by atoms with Gasteiger partial charge in [0.1, 0.15) is 12.1 Å². The van der Waals surface area contributed by atoms with Crippen LogP contribution < -0.4 is 36.5 Å². The fourth-order valence-corrected chi connectivity index (χ4v) is 7.52.